The molecule has 0 spiro atoms. The first-order chi connectivity index (χ1) is 27.0. The van der Waals surface area contributed by atoms with E-state index in [0.29, 0.717) is 17.4 Å². The Kier molecular flexibility index (Phi) is 36.3. The van der Waals surface area contributed by atoms with E-state index in [1.807, 2.05) is 33.3 Å². The maximum absolute atomic E-state index is 12.6. The number of esters is 2. The molecule has 0 aromatic heterocycles. The number of quaternary nitrogens is 1. The van der Waals surface area contributed by atoms with Gasteiger partial charge in [-0.3, -0.25) is 18.6 Å². The molecule has 0 aromatic rings. The van der Waals surface area contributed by atoms with E-state index in [2.05, 4.69) is 74.6 Å². The molecule has 0 heterocycles. The molecule has 0 fully saturated rings. The fourth-order valence-electron chi connectivity index (χ4n) is 5.39. The van der Waals surface area contributed by atoms with Gasteiger partial charge in [0.15, 0.2) is 6.10 Å². The van der Waals surface area contributed by atoms with Crippen molar-refractivity contribution in [1.82, 2.24) is 0 Å². The molecule has 322 valence electrons. The Balaban J connectivity index is 4.51. The SMILES string of the molecule is CC/C=C\C/C=C\C/C=C\C/C=C\C/C=C\C/C=C\CCC(=O)OC(COC(=O)CCCCCCCCCCCCCCC)COP(=O)(O)OCC[N+](C)(C)C. The second-order valence-corrected chi connectivity index (χ2v) is 16.8. The number of allylic oxidation sites excluding steroid dienone is 12. The third-order valence-electron chi connectivity index (χ3n) is 8.76. The molecule has 0 aliphatic rings. The normalized spacial score (nSPS) is 14.3. The minimum Gasteiger partial charge on any atom is -0.462 e. The lowest BCUT2D eigenvalue weighted by Gasteiger charge is -2.24. The summed E-state index contributed by atoms with van der Waals surface area (Å²) in [7, 11) is 1.42. The van der Waals surface area contributed by atoms with E-state index in [1.165, 1.54) is 64.2 Å². The minimum absolute atomic E-state index is 0.0157. The van der Waals surface area contributed by atoms with Gasteiger partial charge in [-0.15, -0.1) is 0 Å². The van der Waals surface area contributed by atoms with Gasteiger partial charge in [-0.05, 0) is 51.4 Å². The second-order valence-electron chi connectivity index (χ2n) is 15.4. The van der Waals surface area contributed by atoms with E-state index < -0.39 is 32.5 Å². The standard InChI is InChI=1S/C46H80NO8P/c1-6-8-10-12-14-16-18-20-21-22-23-24-25-27-29-31-33-35-37-39-46(49)55-44(43-54-56(50,51)53-41-40-47(3,4)5)42-52-45(48)38-36-34-32-30-28-26-19-17-15-13-11-9-7-2/h8,10,14,16,20-21,23-24,27,29,33,35,44H,6-7,9,11-13,15,17-19,22,25-26,28,30-32,34,36-43H2,1-5H3/p+1/b10-8-,16-14-,21-20-,24-23-,29-27-,35-33-. The number of unbranched alkanes of at least 4 members (excludes halogenated alkanes) is 12. The predicted octanol–water partition coefficient (Wildman–Crippen LogP) is 12.2. The first-order valence-electron chi connectivity index (χ1n) is 21.7. The van der Waals surface area contributed by atoms with Gasteiger partial charge < -0.3 is 18.9 Å². The van der Waals surface area contributed by atoms with Crippen molar-refractivity contribution in [2.45, 2.75) is 161 Å². The minimum atomic E-state index is -4.40. The number of carbonyl (C=O) groups is 2. The molecule has 0 aromatic carbocycles. The van der Waals surface area contributed by atoms with E-state index in [0.717, 1.165) is 57.8 Å². The molecule has 56 heavy (non-hydrogen) atoms. The van der Waals surface area contributed by atoms with Gasteiger partial charge in [-0.2, -0.15) is 0 Å². The number of phosphoric acid groups is 1. The van der Waals surface area contributed by atoms with Crippen LogP contribution in [0.25, 0.3) is 0 Å². The summed E-state index contributed by atoms with van der Waals surface area (Å²) in [5.74, 6) is -0.900. The molecule has 0 amide bonds. The zero-order valence-corrected chi connectivity index (χ0v) is 37.0. The number of likely N-dealkylation sites (N-methyl/N-ethyl adjacent to an activating group) is 1. The summed E-state index contributed by atoms with van der Waals surface area (Å²) in [6.07, 6.45) is 46.8. The van der Waals surface area contributed by atoms with E-state index >= 15 is 0 Å². The van der Waals surface area contributed by atoms with Crippen molar-refractivity contribution in [3.63, 3.8) is 0 Å². The van der Waals surface area contributed by atoms with Crippen LogP contribution < -0.4 is 0 Å². The molecule has 0 rings (SSSR count). The van der Waals surface area contributed by atoms with E-state index in [9.17, 15) is 19.0 Å². The van der Waals surface area contributed by atoms with Crippen LogP contribution in [0.3, 0.4) is 0 Å². The number of hydrogen-bond donors (Lipinski definition) is 1. The Morgan fingerprint density at radius 3 is 1.48 bits per heavy atom. The maximum atomic E-state index is 12.6. The van der Waals surface area contributed by atoms with Crippen LogP contribution in [0, 0.1) is 0 Å². The Morgan fingerprint density at radius 1 is 0.571 bits per heavy atom. The molecule has 0 aliphatic carbocycles. The van der Waals surface area contributed by atoms with Crippen LogP contribution in [0.4, 0.5) is 0 Å². The zero-order valence-electron chi connectivity index (χ0n) is 36.1. The van der Waals surface area contributed by atoms with Crippen LogP contribution in [0.15, 0.2) is 72.9 Å². The molecule has 2 unspecified atom stereocenters. The summed E-state index contributed by atoms with van der Waals surface area (Å²) in [5.41, 5.74) is 0. The fourth-order valence-corrected chi connectivity index (χ4v) is 6.13. The lowest BCUT2D eigenvalue weighted by atomic mass is 10.0. The van der Waals surface area contributed by atoms with E-state index in [1.54, 1.807) is 0 Å². The van der Waals surface area contributed by atoms with E-state index in [4.69, 9.17) is 18.5 Å². The molecule has 0 bridgehead atoms. The largest absolute Gasteiger partial charge is 0.472 e. The molecule has 0 radical (unpaired) electrons. The summed E-state index contributed by atoms with van der Waals surface area (Å²) in [4.78, 5) is 35.3. The molecule has 0 saturated carbocycles. The number of ether oxygens (including phenoxy) is 2. The Labute approximate surface area is 342 Å². The Bertz CT molecular complexity index is 1180. The highest BCUT2D eigenvalue weighted by Crippen LogP contribution is 2.43. The van der Waals surface area contributed by atoms with Gasteiger partial charge in [0.25, 0.3) is 0 Å². The fraction of sp³-hybridized carbons (Fsp3) is 0.696. The van der Waals surface area contributed by atoms with Crippen molar-refractivity contribution in [3.8, 4) is 0 Å². The van der Waals surface area contributed by atoms with Crippen molar-refractivity contribution in [2.24, 2.45) is 0 Å². The number of nitrogens with zero attached hydrogens (tertiary/aromatic N) is 1. The number of rotatable bonds is 38. The lowest BCUT2D eigenvalue weighted by molar-refractivity contribution is -0.870. The van der Waals surface area contributed by atoms with Gasteiger partial charge in [-0.1, -0.05) is 164 Å². The quantitative estimate of drug-likeness (QED) is 0.0216. The maximum Gasteiger partial charge on any atom is 0.472 e. The second kappa shape index (κ2) is 38.0. The van der Waals surface area contributed by atoms with Crippen LogP contribution >= 0.6 is 7.82 Å². The lowest BCUT2D eigenvalue weighted by Crippen LogP contribution is -2.37. The van der Waals surface area contributed by atoms with Crippen LogP contribution in [0.1, 0.15) is 155 Å². The van der Waals surface area contributed by atoms with Crippen LogP contribution in [-0.2, 0) is 32.7 Å². The van der Waals surface area contributed by atoms with Gasteiger partial charge in [0.05, 0.1) is 27.7 Å². The number of phosphoric ester groups is 1. The van der Waals surface area contributed by atoms with Crippen LogP contribution in [0.5, 0.6) is 0 Å². The van der Waals surface area contributed by atoms with Crippen LogP contribution in [0.2, 0.25) is 0 Å². The van der Waals surface area contributed by atoms with Gasteiger partial charge in [0, 0.05) is 12.8 Å². The van der Waals surface area contributed by atoms with Crippen molar-refractivity contribution >= 4 is 19.8 Å². The van der Waals surface area contributed by atoms with Gasteiger partial charge in [-0.25, -0.2) is 4.57 Å². The van der Waals surface area contributed by atoms with Crippen LogP contribution in [-0.4, -0.2) is 74.9 Å². The number of hydrogen-bond acceptors (Lipinski definition) is 7. The first kappa shape index (κ1) is 53.5. The number of carbonyl (C=O) groups excluding carboxylic acids is 2. The highest BCUT2D eigenvalue weighted by Gasteiger charge is 2.27. The average molecular weight is 807 g/mol. The monoisotopic (exact) mass is 807 g/mol. The molecular weight excluding hydrogens is 725 g/mol. The van der Waals surface area contributed by atoms with Gasteiger partial charge >= 0.3 is 19.8 Å². The Hall–Kier alpha value is -2.55. The summed E-state index contributed by atoms with van der Waals surface area (Å²) in [6.45, 7) is 4.20. The third-order valence-corrected chi connectivity index (χ3v) is 9.75. The summed E-state index contributed by atoms with van der Waals surface area (Å²) < 4.78 is 34.2. The highest BCUT2D eigenvalue weighted by molar-refractivity contribution is 7.47. The molecule has 2 atom stereocenters. The van der Waals surface area contributed by atoms with Crippen molar-refractivity contribution in [1.29, 1.82) is 0 Å². The summed E-state index contributed by atoms with van der Waals surface area (Å²) in [6, 6.07) is 0. The highest BCUT2D eigenvalue weighted by atomic mass is 31.2. The predicted molar refractivity (Wildman–Crippen MR) is 233 cm³/mol. The van der Waals surface area contributed by atoms with Crippen molar-refractivity contribution < 1.29 is 42.1 Å². The third kappa shape index (κ3) is 41.1. The smallest absolute Gasteiger partial charge is 0.462 e. The molecule has 9 nitrogen and oxygen atoms in total. The summed E-state index contributed by atoms with van der Waals surface area (Å²) >= 11 is 0. The molecule has 1 N–H and O–H groups in total. The Morgan fingerprint density at radius 2 is 1.02 bits per heavy atom. The molecular formula is C46H81NO8P+. The summed E-state index contributed by atoms with van der Waals surface area (Å²) in [5, 5.41) is 0. The van der Waals surface area contributed by atoms with E-state index in [-0.39, 0.29) is 26.1 Å². The van der Waals surface area contributed by atoms with Crippen molar-refractivity contribution in [2.75, 3.05) is 47.5 Å². The zero-order chi connectivity index (χ0) is 41.4. The molecule has 0 aliphatic heterocycles. The molecule has 0 saturated heterocycles. The molecule has 10 heteroatoms. The topological polar surface area (TPSA) is 108 Å². The average Bonchev–Trinajstić information content (AvgIpc) is 3.15. The first-order valence-corrected chi connectivity index (χ1v) is 23.2. The van der Waals surface area contributed by atoms with Gasteiger partial charge in [0.2, 0.25) is 0 Å². The van der Waals surface area contributed by atoms with Crippen molar-refractivity contribution in [3.05, 3.63) is 72.9 Å². The van der Waals surface area contributed by atoms with Gasteiger partial charge in [0.1, 0.15) is 19.8 Å².